The van der Waals surface area contributed by atoms with Crippen LogP contribution in [0.5, 0.6) is 0 Å². The lowest BCUT2D eigenvalue weighted by Crippen LogP contribution is -2.31. The maximum absolute atomic E-state index is 12.8. The summed E-state index contributed by atoms with van der Waals surface area (Å²) in [6.07, 6.45) is 2.64. The van der Waals surface area contributed by atoms with E-state index in [1.54, 1.807) is 18.3 Å². The van der Waals surface area contributed by atoms with Crippen molar-refractivity contribution in [3.05, 3.63) is 59.2 Å². The summed E-state index contributed by atoms with van der Waals surface area (Å²) in [4.78, 5) is 17.1. The van der Waals surface area contributed by atoms with Crippen molar-refractivity contribution in [2.45, 2.75) is 19.1 Å². The van der Waals surface area contributed by atoms with Gasteiger partial charge in [0.15, 0.2) is 0 Å². The summed E-state index contributed by atoms with van der Waals surface area (Å²) in [6.45, 7) is 2.22. The lowest BCUT2D eigenvalue weighted by molar-refractivity contribution is 0.0564. The molecule has 2 aromatic heterocycles. The zero-order valence-electron chi connectivity index (χ0n) is 15.4. The molecule has 6 nitrogen and oxygen atoms in total. The number of pyridine rings is 1. The van der Waals surface area contributed by atoms with Gasteiger partial charge in [-0.3, -0.25) is 15.1 Å². The fourth-order valence-electron chi connectivity index (χ4n) is 3.41. The number of nitrogens with one attached hydrogen (secondary N) is 2. The van der Waals surface area contributed by atoms with Crippen molar-refractivity contribution in [2.24, 2.45) is 5.92 Å². The number of hydrogen-bond acceptors (Lipinski definition) is 6. The molecule has 1 aliphatic rings. The molecule has 0 radical (unpaired) electrons. The van der Waals surface area contributed by atoms with Gasteiger partial charge in [0, 0.05) is 41.4 Å². The molecule has 0 spiro atoms. The van der Waals surface area contributed by atoms with Crippen LogP contribution >= 0.6 is 11.3 Å². The number of ether oxygens (including phenoxy) is 1. The molecule has 3 N–H and O–H groups in total. The topological polar surface area (TPSA) is 83.5 Å². The summed E-state index contributed by atoms with van der Waals surface area (Å²) in [5.74, 6) is 0.269. The van der Waals surface area contributed by atoms with E-state index >= 15 is 0 Å². The van der Waals surface area contributed by atoms with E-state index in [1.807, 2.05) is 29.6 Å². The molecule has 1 atom stereocenters. The third-order valence-corrected chi connectivity index (χ3v) is 5.98. The van der Waals surface area contributed by atoms with Crippen LogP contribution < -0.4 is 10.6 Å². The van der Waals surface area contributed by atoms with Gasteiger partial charge in [0.05, 0.1) is 11.3 Å². The first-order valence-corrected chi connectivity index (χ1v) is 10.3. The number of nitrogens with zero attached hydrogens (tertiary/aromatic N) is 1. The number of rotatable bonds is 6. The van der Waals surface area contributed by atoms with Gasteiger partial charge in [-0.25, -0.2) is 0 Å². The normalized spacial score (nSPS) is 16.2. The van der Waals surface area contributed by atoms with Gasteiger partial charge in [0.2, 0.25) is 0 Å². The Morgan fingerprint density at radius 1 is 1.25 bits per heavy atom. The van der Waals surface area contributed by atoms with Crippen LogP contribution in [0.4, 0.5) is 5.69 Å². The SMILES string of the molecule is O=C(Nc1cccnc1C(O)NCC1CCOCC1)c1csc2ccccc12. The minimum absolute atomic E-state index is 0.205. The summed E-state index contributed by atoms with van der Waals surface area (Å²) in [5.41, 5.74) is 1.55. The summed E-state index contributed by atoms with van der Waals surface area (Å²) >= 11 is 1.54. The molecule has 4 rings (SSSR count). The first kappa shape index (κ1) is 19.0. The van der Waals surface area contributed by atoms with E-state index in [0.717, 1.165) is 36.1 Å². The minimum Gasteiger partial charge on any atom is -0.381 e. The van der Waals surface area contributed by atoms with Crippen LogP contribution in [-0.4, -0.2) is 35.8 Å². The number of aliphatic hydroxyl groups excluding tert-OH is 1. The molecule has 28 heavy (non-hydrogen) atoms. The number of carbonyl (C=O) groups is 1. The predicted molar refractivity (Wildman–Crippen MR) is 111 cm³/mol. The number of carbonyl (C=O) groups excluding carboxylic acids is 1. The molecule has 1 aromatic carbocycles. The summed E-state index contributed by atoms with van der Waals surface area (Å²) in [5, 5.41) is 19.4. The van der Waals surface area contributed by atoms with Gasteiger partial charge in [-0.1, -0.05) is 18.2 Å². The zero-order chi connectivity index (χ0) is 19.3. The highest BCUT2D eigenvalue weighted by Gasteiger charge is 2.20. The van der Waals surface area contributed by atoms with E-state index in [1.165, 1.54) is 11.3 Å². The second-order valence-corrected chi connectivity index (χ2v) is 7.81. The van der Waals surface area contributed by atoms with Crippen LogP contribution in [0.25, 0.3) is 10.1 Å². The number of amides is 1. The molecule has 1 aliphatic heterocycles. The van der Waals surface area contributed by atoms with E-state index < -0.39 is 6.23 Å². The van der Waals surface area contributed by atoms with E-state index in [4.69, 9.17) is 4.74 Å². The number of thiophene rings is 1. The van der Waals surface area contributed by atoms with Gasteiger partial charge in [-0.15, -0.1) is 11.3 Å². The number of benzene rings is 1. The highest BCUT2D eigenvalue weighted by atomic mass is 32.1. The molecule has 146 valence electrons. The Morgan fingerprint density at radius 2 is 2.07 bits per heavy atom. The fourth-order valence-corrected chi connectivity index (χ4v) is 4.35. The first-order chi connectivity index (χ1) is 13.7. The Hall–Kier alpha value is -2.32. The lowest BCUT2D eigenvalue weighted by Gasteiger charge is -2.24. The monoisotopic (exact) mass is 397 g/mol. The maximum atomic E-state index is 12.8. The van der Waals surface area contributed by atoms with Crippen molar-refractivity contribution in [3.8, 4) is 0 Å². The van der Waals surface area contributed by atoms with E-state index in [2.05, 4.69) is 15.6 Å². The zero-order valence-corrected chi connectivity index (χ0v) is 16.2. The standard InChI is InChI=1S/C21H23N3O3S/c25-20(16-13-28-18-6-2-1-4-15(16)18)24-17-5-3-9-22-19(17)21(26)23-12-14-7-10-27-11-8-14/h1-6,9,13-14,21,23,26H,7-8,10-12H2,(H,24,25). The second-order valence-electron chi connectivity index (χ2n) is 6.90. The Labute approximate surface area is 167 Å². The van der Waals surface area contributed by atoms with E-state index in [9.17, 15) is 9.90 Å². The number of anilines is 1. The van der Waals surface area contributed by atoms with Gasteiger partial charge >= 0.3 is 0 Å². The smallest absolute Gasteiger partial charge is 0.257 e. The first-order valence-electron chi connectivity index (χ1n) is 9.44. The van der Waals surface area contributed by atoms with Crippen LogP contribution in [0.3, 0.4) is 0 Å². The van der Waals surface area contributed by atoms with Gasteiger partial charge in [-0.05, 0) is 37.0 Å². The Kier molecular flexibility index (Phi) is 5.97. The Morgan fingerprint density at radius 3 is 2.93 bits per heavy atom. The summed E-state index contributed by atoms with van der Waals surface area (Å²) in [7, 11) is 0. The van der Waals surface area contributed by atoms with Crippen molar-refractivity contribution in [1.82, 2.24) is 10.3 Å². The molecule has 1 saturated heterocycles. The average Bonchev–Trinajstić information content (AvgIpc) is 3.17. The van der Waals surface area contributed by atoms with Crippen molar-refractivity contribution in [3.63, 3.8) is 0 Å². The molecule has 1 unspecified atom stereocenters. The van der Waals surface area contributed by atoms with Crippen molar-refractivity contribution >= 4 is 33.0 Å². The Balaban J connectivity index is 1.47. The third-order valence-electron chi connectivity index (χ3n) is 5.01. The third kappa shape index (κ3) is 4.23. The fraction of sp³-hybridized carbons (Fsp3) is 0.333. The molecular formula is C21H23N3O3S. The molecule has 1 amide bonds. The van der Waals surface area contributed by atoms with Crippen LogP contribution in [0.15, 0.2) is 48.0 Å². The van der Waals surface area contributed by atoms with Crippen molar-refractivity contribution in [1.29, 1.82) is 0 Å². The lowest BCUT2D eigenvalue weighted by atomic mass is 10.0. The number of hydrogen-bond donors (Lipinski definition) is 3. The van der Waals surface area contributed by atoms with Crippen LogP contribution in [0.1, 0.15) is 35.1 Å². The maximum Gasteiger partial charge on any atom is 0.257 e. The van der Waals surface area contributed by atoms with Gasteiger partial charge in [-0.2, -0.15) is 0 Å². The molecule has 0 saturated carbocycles. The number of aromatic nitrogens is 1. The van der Waals surface area contributed by atoms with Gasteiger partial charge < -0.3 is 15.2 Å². The van der Waals surface area contributed by atoms with E-state index in [0.29, 0.717) is 29.4 Å². The molecular weight excluding hydrogens is 374 g/mol. The summed E-state index contributed by atoms with van der Waals surface area (Å²) < 4.78 is 6.44. The van der Waals surface area contributed by atoms with Crippen molar-refractivity contribution in [2.75, 3.05) is 25.1 Å². The molecule has 0 bridgehead atoms. The molecule has 1 fully saturated rings. The molecule has 0 aliphatic carbocycles. The molecule has 7 heteroatoms. The highest BCUT2D eigenvalue weighted by Crippen LogP contribution is 2.27. The van der Waals surface area contributed by atoms with E-state index in [-0.39, 0.29) is 5.91 Å². The minimum atomic E-state index is -0.946. The Bertz CT molecular complexity index is 953. The molecule has 3 heterocycles. The largest absolute Gasteiger partial charge is 0.381 e. The predicted octanol–water partition coefficient (Wildman–Crippen LogP) is 3.56. The van der Waals surface area contributed by atoms with Crippen LogP contribution in [0.2, 0.25) is 0 Å². The van der Waals surface area contributed by atoms with Gasteiger partial charge in [0.1, 0.15) is 11.9 Å². The summed E-state index contributed by atoms with van der Waals surface area (Å²) in [6, 6.07) is 11.3. The van der Waals surface area contributed by atoms with Crippen molar-refractivity contribution < 1.29 is 14.6 Å². The highest BCUT2D eigenvalue weighted by molar-refractivity contribution is 7.17. The quantitative estimate of drug-likeness (QED) is 0.554. The second kappa shape index (κ2) is 8.79. The average molecular weight is 398 g/mol. The number of fused-ring (bicyclic) bond motifs is 1. The van der Waals surface area contributed by atoms with Crippen LogP contribution in [-0.2, 0) is 4.74 Å². The van der Waals surface area contributed by atoms with Gasteiger partial charge in [0.25, 0.3) is 5.91 Å². The number of aliphatic hydroxyl groups is 1. The van der Waals surface area contributed by atoms with Crippen LogP contribution in [0, 0.1) is 5.92 Å². The molecule has 3 aromatic rings.